The Morgan fingerprint density at radius 3 is 2.23 bits per heavy atom. The minimum atomic E-state index is 0.994. The van der Waals surface area contributed by atoms with E-state index in [1.165, 1.54) is 0 Å². The second-order valence-corrected chi connectivity index (χ2v) is 3.04. The van der Waals surface area contributed by atoms with Crippen LogP contribution in [0.3, 0.4) is 0 Å². The van der Waals surface area contributed by atoms with Gasteiger partial charge in [-0.05, 0) is 31.5 Å². The van der Waals surface area contributed by atoms with Gasteiger partial charge in [-0.3, -0.25) is 9.98 Å². The van der Waals surface area contributed by atoms with E-state index in [4.69, 9.17) is 0 Å². The fourth-order valence-corrected chi connectivity index (χ4v) is 1.04. The van der Waals surface area contributed by atoms with Gasteiger partial charge in [-0.25, -0.2) is 0 Å². The average Bonchev–Trinajstić information content (AvgIpc) is 2.08. The molecule has 2 heteroatoms. The van der Waals surface area contributed by atoms with Crippen molar-refractivity contribution in [3.05, 3.63) is 29.8 Å². The fraction of sp³-hybridized carbons (Fsp3) is 0.273. The van der Waals surface area contributed by atoms with Crippen molar-refractivity contribution < 1.29 is 0 Å². The number of hydrogen-bond donors (Lipinski definition) is 0. The average molecular weight is 174 g/mol. The predicted octanol–water partition coefficient (Wildman–Crippen LogP) is 2.85. The molecule has 13 heavy (non-hydrogen) atoms. The van der Waals surface area contributed by atoms with Gasteiger partial charge in [0.25, 0.3) is 0 Å². The Kier molecular flexibility index (Phi) is 3.38. The number of benzene rings is 1. The Morgan fingerprint density at radius 1 is 1.15 bits per heavy atom. The lowest BCUT2D eigenvalue weighted by Crippen LogP contribution is -1.81. The number of hydrogen-bond acceptors (Lipinski definition) is 2. The highest BCUT2D eigenvalue weighted by Gasteiger charge is 1.89. The number of rotatable bonds is 2. The van der Waals surface area contributed by atoms with Crippen LogP contribution in [-0.2, 0) is 0 Å². The molecule has 0 unspecified atom stereocenters. The molecule has 0 aliphatic heterocycles. The first-order valence-corrected chi connectivity index (χ1v) is 4.26. The molecule has 0 bridgehead atoms. The molecule has 0 fully saturated rings. The van der Waals surface area contributed by atoms with E-state index in [0.717, 1.165) is 17.0 Å². The molecule has 0 amide bonds. The van der Waals surface area contributed by atoms with Gasteiger partial charge in [0.05, 0.1) is 5.69 Å². The lowest BCUT2D eigenvalue weighted by molar-refractivity contribution is 1.44. The molecular weight excluding hydrogens is 160 g/mol. The number of nitrogens with zero attached hydrogens (tertiary/aromatic N) is 2. The maximum Gasteiger partial charge on any atom is 0.0629 e. The van der Waals surface area contributed by atoms with Crippen LogP contribution in [0.15, 0.2) is 34.3 Å². The largest absolute Gasteiger partial charge is 0.296 e. The third kappa shape index (κ3) is 3.20. The van der Waals surface area contributed by atoms with Gasteiger partial charge in [0.2, 0.25) is 0 Å². The van der Waals surface area contributed by atoms with Crippen molar-refractivity contribution in [3.8, 4) is 0 Å². The van der Waals surface area contributed by atoms with E-state index in [1.807, 2.05) is 44.3 Å². The van der Waals surface area contributed by atoms with Crippen molar-refractivity contribution in [2.45, 2.75) is 13.8 Å². The van der Waals surface area contributed by atoms with Crippen LogP contribution in [0.25, 0.3) is 0 Å². The molecular formula is C11H14N2. The highest BCUT2D eigenvalue weighted by Crippen LogP contribution is 2.12. The minimum absolute atomic E-state index is 0.994. The van der Waals surface area contributed by atoms with Crippen LogP contribution in [0.4, 0.5) is 5.69 Å². The molecule has 0 saturated carbocycles. The SMILES string of the molecule is CN=Cc1ccc(N=C(C)C)cc1. The Labute approximate surface area is 79.0 Å². The second-order valence-electron chi connectivity index (χ2n) is 3.04. The van der Waals surface area contributed by atoms with Gasteiger partial charge in [0, 0.05) is 19.0 Å². The van der Waals surface area contributed by atoms with Gasteiger partial charge in [0.1, 0.15) is 0 Å². The Morgan fingerprint density at radius 2 is 1.77 bits per heavy atom. The van der Waals surface area contributed by atoms with Crippen molar-refractivity contribution in [1.82, 2.24) is 0 Å². The van der Waals surface area contributed by atoms with Crippen LogP contribution >= 0.6 is 0 Å². The van der Waals surface area contributed by atoms with Crippen molar-refractivity contribution in [2.75, 3.05) is 7.05 Å². The van der Waals surface area contributed by atoms with E-state index in [9.17, 15) is 0 Å². The van der Waals surface area contributed by atoms with Crippen molar-refractivity contribution in [3.63, 3.8) is 0 Å². The smallest absolute Gasteiger partial charge is 0.0629 e. The molecule has 1 rings (SSSR count). The molecule has 0 aliphatic carbocycles. The third-order valence-electron chi connectivity index (χ3n) is 1.52. The summed E-state index contributed by atoms with van der Waals surface area (Å²) in [5.41, 5.74) is 3.17. The zero-order chi connectivity index (χ0) is 9.68. The van der Waals surface area contributed by atoms with Gasteiger partial charge in [0.15, 0.2) is 0 Å². The summed E-state index contributed by atoms with van der Waals surface area (Å²) in [4.78, 5) is 8.27. The normalized spacial score (nSPS) is 10.4. The predicted molar refractivity (Wildman–Crippen MR) is 58.4 cm³/mol. The fourth-order valence-electron chi connectivity index (χ4n) is 1.04. The number of aliphatic imine (C=N–C) groups is 2. The first kappa shape index (κ1) is 9.65. The van der Waals surface area contributed by atoms with Crippen LogP contribution in [0.2, 0.25) is 0 Å². The summed E-state index contributed by atoms with van der Waals surface area (Å²) >= 11 is 0. The van der Waals surface area contributed by atoms with E-state index in [1.54, 1.807) is 7.05 Å². The minimum Gasteiger partial charge on any atom is -0.296 e. The standard InChI is InChI=1S/C11H14N2/c1-9(2)13-11-6-4-10(5-7-11)8-12-3/h4-8H,1-3H3. The second kappa shape index (κ2) is 4.55. The molecule has 0 saturated heterocycles. The van der Waals surface area contributed by atoms with Gasteiger partial charge >= 0.3 is 0 Å². The summed E-state index contributed by atoms with van der Waals surface area (Å²) in [6.45, 7) is 3.98. The topological polar surface area (TPSA) is 24.7 Å². The first-order valence-electron chi connectivity index (χ1n) is 4.26. The highest BCUT2D eigenvalue weighted by atomic mass is 14.7. The van der Waals surface area contributed by atoms with E-state index >= 15 is 0 Å². The quantitative estimate of drug-likeness (QED) is 0.616. The highest BCUT2D eigenvalue weighted by molar-refractivity contribution is 5.83. The van der Waals surface area contributed by atoms with Gasteiger partial charge in [-0.1, -0.05) is 12.1 Å². The van der Waals surface area contributed by atoms with Crippen LogP contribution < -0.4 is 0 Å². The molecule has 1 aromatic carbocycles. The summed E-state index contributed by atoms with van der Waals surface area (Å²) < 4.78 is 0. The molecule has 1 aromatic rings. The van der Waals surface area contributed by atoms with Crippen LogP contribution in [0, 0.1) is 0 Å². The van der Waals surface area contributed by atoms with Crippen LogP contribution in [-0.4, -0.2) is 19.0 Å². The maximum absolute atomic E-state index is 4.33. The van der Waals surface area contributed by atoms with Crippen molar-refractivity contribution >= 4 is 17.6 Å². The van der Waals surface area contributed by atoms with Crippen molar-refractivity contribution in [1.29, 1.82) is 0 Å². The summed E-state index contributed by atoms with van der Waals surface area (Å²) in [6.07, 6.45) is 1.83. The first-order chi connectivity index (χ1) is 6.22. The molecule has 0 N–H and O–H groups in total. The van der Waals surface area contributed by atoms with Gasteiger partial charge in [-0.15, -0.1) is 0 Å². The Hall–Kier alpha value is -1.44. The molecule has 2 nitrogen and oxygen atoms in total. The lowest BCUT2D eigenvalue weighted by Gasteiger charge is -1.95. The van der Waals surface area contributed by atoms with Gasteiger partial charge < -0.3 is 0 Å². The van der Waals surface area contributed by atoms with Crippen LogP contribution in [0.5, 0.6) is 0 Å². The molecule has 68 valence electrons. The van der Waals surface area contributed by atoms with Gasteiger partial charge in [-0.2, -0.15) is 0 Å². The lowest BCUT2D eigenvalue weighted by atomic mass is 10.2. The van der Waals surface area contributed by atoms with E-state index in [2.05, 4.69) is 9.98 Å². The molecule has 0 atom stereocenters. The summed E-state index contributed by atoms with van der Waals surface area (Å²) in [5, 5.41) is 0. The van der Waals surface area contributed by atoms with E-state index in [0.29, 0.717) is 0 Å². The summed E-state index contributed by atoms with van der Waals surface area (Å²) in [5.74, 6) is 0. The Balaban J connectivity index is 2.87. The van der Waals surface area contributed by atoms with Crippen LogP contribution in [0.1, 0.15) is 19.4 Å². The Bertz CT molecular complexity index is 316. The summed E-state index contributed by atoms with van der Waals surface area (Å²) in [7, 11) is 1.77. The van der Waals surface area contributed by atoms with E-state index in [-0.39, 0.29) is 0 Å². The molecule has 0 spiro atoms. The zero-order valence-corrected chi connectivity index (χ0v) is 8.28. The van der Waals surface area contributed by atoms with E-state index < -0.39 is 0 Å². The monoisotopic (exact) mass is 174 g/mol. The van der Waals surface area contributed by atoms with Crippen molar-refractivity contribution in [2.24, 2.45) is 9.98 Å². The maximum atomic E-state index is 4.33. The summed E-state index contributed by atoms with van der Waals surface area (Å²) in [6, 6.07) is 8.00. The molecule has 0 aromatic heterocycles. The zero-order valence-electron chi connectivity index (χ0n) is 8.28. The molecule has 0 radical (unpaired) electrons. The molecule has 0 aliphatic rings. The molecule has 0 heterocycles. The third-order valence-corrected chi connectivity index (χ3v) is 1.52.